The molecule has 0 aliphatic carbocycles. The molecule has 0 aromatic heterocycles. The van der Waals surface area contributed by atoms with Gasteiger partial charge < -0.3 is 20.6 Å². The van der Waals surface area contributed by atoms with Crippen LogP contribution in [-0.4, -0.2) is 55.3 Å². The standard InChI is InChI=1S/C13H19ClN4O/c14-11-1-3-12(4-2-11)17-6-8-18(9-7-17)13(15)16-5-10-19/h1-4,19H,5-10H2,(H2,15,16). The van der Waals surface area contributed by atoms with E-state index in [1.807, 2.05) is 29.2 Å². The summed E-state index contributed by atoms with van der Waals surface area (Å²) in [6, 6.07) is 7.86. The van der Waals surface area contributed by atoms with Gasteiger partial charge in [0.2, 0.25) is 0 Å². The van der Waals surface area contributed by atoms with Gasteiger partial charge in [-0.05, 0) is 24.3 Å². The van der Waals surface area contributed by atoms with Gasteiger partial charge >= 0.3 is 0 Å². The second kappa shape index (κ2) is 6.63. The Labute approximate surface area is 118 Å². The van der Waals surface area contributed by atoms with Crippen molar-refractivity contribution in [2.24, 2.45) is 10.7 Å². The number of anilines is 1. The molecule has 0 amide bonds. The lowest BCUT2D eigenvalue weighted by molar-refractivity contribution is 0.305. The Hall–Kier alpha value is -1.46. The number of hydrogen-bond acceptors (Lipinski definition) is 3. The van der Waals surface area contributed by atoms with Crippen molar-refractivity contribution < 1.29 is 5.11 Å². The van der Waals surface area contributed by atoms with Crippen LogP contribution in [0.15, 0.2) is 29.3 Å². The second-order valence-electron chi connectivity index (χ2n) is 4.41. The molecule has 5 nitrogen and oxygen atoms in total. The van der Waals surface area contributed by atoms with E-state index in [9.17, 15) is 0 Å². The van der Waals surface area contributed by atoms with Crippen molar-refractivity contribution in [3.8, 4) is 0 Å². The molecule has 1 aliphatic rings. The van der Waals surface area contributed by atoms with Gasteiger partial charge in [0.15, 0.2) is 5.96 Å². The van der Waals surface area contributed by atoms with Gasteiger partial charge in [0.1, 0.15) is 0 Å². The number of nitrogens with zero attached hydrogens (tertiary/aromatic N) is 3. The van der Waals surface area contributed by atoms with Crippen molar-refractivity contribution in [3.63, 3.8) is 0 Å². The van der Waals surface area contributed by atoms with Crippen LogP contribution in [0.3, 0.4) is 0 Å². The summed E-state index contributed by atoms with van der Waals surface area (Å²) < 4.78 is 0. The van der Waals surface area contributed by atoms with Crippen molar-refractivity contribution in [1.82, 2.24) is 4.90 Å². The first-order valence-electron chi connectivity index (χ1n) is 6.37. The maximum Gasteiger partial charge on any atom is 0.191 e. The van der Waals surface area contributed by atoms with Gasteiger partial charge in [-0.25, -0.2) is 0 Å². The molecule has 0 atom stereocenters. The van der Waals surface area contributed by atoms with E-state index in [4.69, 9.17) is 22.4 Å². The van der Waals surface area contributed by atoms with Crippen LogP contribution in [0.2, 0.25) is 5.02 Å². The smallest absolute Gasteiger partial charge is 0.191 e. The minimum absolute atomic E-state index is 0.0332. The molecule has 1 saturated heterocycles. The highest BCUT2D eigenvalue weighted by atomic mass is 35.5. The number of hydrogen-bond donors (Lipinski definition) is 2. The van der Waals surface area contributed by atoms with Crippen LogP contribution in [0.5, 0.6) is 0 Å². The Bertz CT molecular complexity index is 427. The van der Waals surface area contributed by atoms with Gasteiger partial charge in [-0.2, -0.15) is 0 Å². The molecule has 0 unspecified atom stereocenters. The number of benzene rings is 1. The number of aliphatic hydroxyl groups is 1. The summed E-state index contributed by atoms with van der Waals surface area (Å²) in [5.74, 6) is 0.518. The van der Waals surface area contributed by atoms with E-state index in [1.54, 1.807) is 0 Å². The highest BCUT2D eigenvalue weighted by molar-refractivity contribution is 6.30. The van der Waals surface area contributed by atoms with Crippen LogP contribution >= 0.6 is 11.6 Å². The molecule has 1 fully saturated rings. The van der Waals surface area contributed by atoms with Crippen LogP contribution in [0.1, 0.15) is 0 Å². The maximum absolute atomic E-state index is 8.73. The number of guanidine groups is 1. The van der Waals surface area contributed by atoms with E-state index in [0.29, 0.717) is 12.5 Å². The fraction of sp³-hybridized carbons (Fsp3) is 0.462. The molecular weight excluding hydrogens is 264 g/mol. The molecule has 0 saturated carbocycles. The van der Waals surface area contributed by atoms with Crippen molar-refractivity contribution >= 4 is 23.2 Å². The Balaban J connectivity index is 1.90. The monoisotopic (exact) mass is 282 g/mol. The number of aliphatic imine (C=N–C) groups is 1. The fourth-order valence-corrected chi connectivity index (χ4v) is 2.24. The predicted molar refractivity (Wildman–Crippen MR) is 78.8 cm³/mol. The lowest BCUT2D eigenvalue weighted by atomic mass is 10.2. The molecule has 1 heterocycles. The van der Waals surface area contributed by atoms with E-state index in [1.165, 1.54) is 5.69 Å². The van der Waals surface area contributed by atoms with Crippen molar-refractivity contribution in [3.05, 3.63) is 29.3 Å². The van der Waals surface area contributed by atoms with Gasteiger partial charge in [-0.15, -0.1) is 0 Å². The van der Waals surface area contributed by atoms with Crippen LogP contribution in [0.4, 0.5) is 5.69 Å². The third-order valence-corrected chi connectivity index (χ3v) is 3.42. The summed E-state index contributed by atoms with van der Waals surface area (Å²) in [6.45, 7) is 3.87. The lowest BCUT2D eigenvalue weighted by Crippen LogP contribution is -2.51. The molecular formula is C13H19ClN4O. The third kappa shape index (κ3) is 3.75. The van der Waals surface area contributed by atoms with Crippen LogP contribution in [-0.2, 0) is 0 Å². The molecule has 0 bridgehead atoms. The lowest BCUT2D eigenvalue weighted by Gasteiger charge is -2.36. The Morgan fingerprint density at radius 3 is 2.42 bits per heavy atom. The van der Waals surface area contributed by atoms with Crippen LogP contribution in [0.25, 0.3) is 0 Å². The predicted octanol–water partition coefficient (Wildman–Crippen LogP) is 0.769. The fourth-order valence-electron chi connectivity index (χ4n) is 2.11. The highest BCUT2D eigenvalue weighted by Crippen LogP contribution is 2.19. The zero-order valence-electron chi connectivity index (χ0n) is 10.8. The average molecular weight is 283 g/mol. The number of piperazine rings is 1. The van der Waals surface area contributed by atoms with Crippen LogP contribution in [0, 0.1) is 0 Å². The Morgan fingerprint density at radius 2 is 1.84 bits per heavy atom. The summed E-state index contributed by atoms with van der Waals surface area (Å²) in [7, 11) is 0. The van der Waals surface area contributed by atoms with E-state index in [2.05, 4.69) is 9.89 Å². The van der Waals surface area contributed by atoms with E-state index in [-0.39, 0.29) is 6.61 Å². The van der Waals surface area contributed by atoms with E-state index < -0.39 is 0 Å². The Morgan fingerprint density at radius 1 is 1.21 bits per heavy atom. The molecule has 104 valence electrons. The quantitative estimate of drug-likeness (QED) is 0.635. The highest BCUT2D eigenvalue weighted by Gasteiger charge is 2.18. The zero-order chi connectivity index (χ0) is 13.7. The number of halogens is 1. The molecule has 19 heavy (non-hydrogen) atoms. The van der Waals surface area contributed by atoms with Crippen molar-refractivity contribution in [2.75, 3.05) is 44.2 Å². The summed E-state index contributed by atoms with van der Waals surface area (Å²) in [5.41, 5.74) is 7.04. The average Bonchev–Trinajstić information content (AvgIpc) is 2.46. The first-order valence-corrected chi connectivity index (χ1v) is 6.75. The second-order valence-corrected chi connectivity index (χ2v) is 4.85. The number of nitrogens with two attached hydrogens (primary N) is 1. The Kier molecular flexibility index (Phi) is 4.87. The topological polar surface area (TPSA) is 65.1 Å². The van der Waals surface area contributed by atoms with Crippen molar-refractivity contribution in [1.29, 1.82) is 0 Å². The molecule has 0 radical (unpaired) electrons. The molecule has 1 aromatic carbocycles. The number of rotatable bonds is 3. The van der Waals surface area contributed by atoms with Gasteiger partial charge in [0, 0.05) is 36.9 Å². The first kappa shape index (κ1) is 14.0. The maximum atomic E-state index is 8.73. The van der Waals surface area contributed by atoms with E-state index in [0.717, 1.165) is 31.2 Å². The van der Waals surface area contributed by atoms with Gasteiger partial charge in [-0.3, -0.25) is 4.99 Å². The minimum atomic E-state index is 0.0332. The van der Waals surface area contributed by atoms with Gasteiger partial charge in [-0.1, -0.05) is 11.6 Å². The summed E-state index contributed by atoms with van der Waals surface area (Å²) in [5, 5.41) is 9.48. The van der Waals surface area contributed by atoms with E-state index >= 15 is 0 Å². The largest absolute Gasteiger partial charge is 0.394 e. The normalized spacial score (nSPS) is 16.8. The molecule has 1 aliphatic heterocycles. The SMILES string of the molecule is NC(=NCCO)N1CCN(c2ccc(Cl)cc2)CC1. The molecule has 1 aromatic rings. The number of aliphatic hydroxyl groups excluding tert-OH is 1. The minimum Gasteiger partial charge on any atom is -0.394 e. The van der Waals surface area contributed by atoms with Crippen LogP contribution < -0.4 is 10.6 Å². The first-order chi connectivity index (χ1) is 9.20. The summed E-state index contributed by atoms with van der Waals surface area (Å²) in [6.07, 6.45) is 0. The molecule has 3 N–H and O–H groups in total. The molecule has 6 heteroatoms. The van der Waals surface area contributed by atoms with Gasteiger partial charge in [0.25, 0.3) is 0 Å². The third-order valence-electron chi connectivity index (χ3n) is 3.17. The zero-order valence-corrected chi connectivity index (χ0v) is 11.6. The summed E-state index contributed by atoms with van der Waals surface area (Å²) in [4.78, 5) is 8.45. The summed E-state index contributed by atoms with van der Waals surface area (Å²) >= 11 is 5.88. The molecule has 2 rings (SSSR count). The van der Waals surface area contributed by atoms with Crippen molar-refractivity contribution in [2.45, 2.75) is 0 Å². The van der Waals surface area contributed by atoms with Gasteiger partial charge in [0.05, 0.1) is 13.2 Å². The molecule has 0 spiro atoms.